The quantitative estimate of drug-likeness (QED) is 0.891. The summed E-state index contributed by atoms with van der Waals surface area (Å²) in [5.74, 6) is 1.01. The molecule has 5 nitrogen and oxygen atoms in total. The summed E-state index contributed by atoms with van der Waals surface area (Å²) >= 11 is 5.98. The molecule has 0 fully saturated rings. The van der Waals surface area contributed by atoms with E-state index in [-0.39, 0.29) is 6.61 Å². The van der Waals surface area contributed by atoms with Gasteiger partial charge >= 0.3 is 0 Å². The molecule has 0 aliphatic carbocycles. The molecule has 0 spiro atoms. The second kappa shape index (κ2) is 6.83. The summed E-state index contributed by atoms with van der Waals surface area (Å²) in [6.07, 6.45) is 0.875. The van der Waals surface area contributed by atoms with Crippen molar-refractivity contribution >= 4 is 11.6 Å². The number of ether oxygens (including phenoxy) is 2. The predicted octanol–water partition coefficient (Wildman–Crippen LogP) is 2.72. The van der Waals surface area contributed by atoms with Crippen LogP contribution < -0.4 is 9.47 Å². The van der Waals surface area contributed by atoms with E-state index in [1.165, 1.54) is 0 Å². The smallest absolute Gasteiger partial charge is 0.167 e. The zero-order chi connectivity index (χ0) is 15.4. The Bertz CT molecular complexity index is 600. The zero-order valence-corrected chi connectivity index (χ0v) is 13.1. The monoisotopic (exact) mass is 310 g/mol. The Kier molecular flexibility index (Phi) is 5.09. The summed E-state index contributed by atoms with van der Waals surface area (Å²) in [5.41, 5.74) is 2.56. The van der Waals surface area contributed by atoms with Gasteiger partial charge in [0.05, 0.1) is 25.1 Å². The topological polar surface area (TPSA) is 56.5 Å². The molecule has 1 heterocycles. The van der Waals surface area contributed by atoms with Crippen LogP contribution in [-0.4, -0.2) is 22.0 Å². The average molecular weight is 311 g/mol. The van der Waals surface area contributed by atoms with Gasteiger partial charge in [-0.2, -0.15) is 5.10 Å². The molecule has 0 atom stereocenters. The molecule has 1 N–H and O–H groups in total. The fourth-order valence-corrected chi connectivity index (χ4v) is 2.31. The maximum Gasteiger partial charge on any atom is 0.167 e. The van der Waals surface area contributed by atoms with E-state index in [0.717, 1.165) is 17.8 Å². The minimum Gasteiger partial charge on any atom is -0.493 e. The third kappa shape index (κ3) is 3.49. The van der Waals surface area contributed by atoms with E-state index in [1.54, 1.807) is 23.9 Å². The fraction of sp³-hybridized carbons (Fsp3) is 0.400. The van der Waals surface area contributed by atoms with Crippen molar-refractivity contribution < 1.29 is 14.6 Å². The molecule has 1 aromatic heterocycles. The molecule has 0 amide bonds. The largest absolute Gasteiger partial charge is 0.493 e. The van der Waals surface area contributed by atoms with Crippen molar-refractivity contribution in [2.75, 3.05) is 7.11 Å². The highest BCUT2D eigenvalue weighted by atomic mass is 35.5. The standard InChI is InChI=1S/C15H19ClN2O3/c1-4-12-7-13(18(2)17-12)9-21-15-10(8-19)5-11(16)6-14(15)20-3/h5-7,19H,4,8-9H2,1-3H3. The third-order valence-corrected chi connectivity index (χ3v) is 3.46. The van der Waals surface area contributed by atoms with E-state index in [0.29, 0.717) is 28.7 Å². The summed E-state index contributed by atoms with van der Waals surface area (Å²) in [5, 5.41) is 14.3. The highest BCUT2D eigenvalue weighted by Gasteiger charge is 2.14. The summed E-state index contributed by atoms with van der Waals surface area (Å²) in [6.45, 7) is 2.23. The van der Waals surface area contributed by atoms with Gasteiger partial charge in [0, 0.05) is 23.7 Å². The van der Waals surface area contributed by atoms with Crippen LogP contribution in [0.15, 0.2) is 18.2 Å². The SMILES string of the molecule is CCc1cc(COc2c(CO)cc(Cl)cc2OC)n(C)n1. The second-order valence-corrected chi connectivity index (χ2v) is 5.08. The molecule has 2 rings (SSSR count). The lowest BCUT2D eigenvalue weighted by molar-refractivity contribution is 0.246. The van der Waals surface area contributed by atoms with E-state index in [1.807, 2.05) is 13.1 Å². The van der Waals surface area contributed by atoms with Gasteiger partial charge in [-0.25, -0.2) is 0 Å². The average Bonchev–Trinajstić information content (AvgIpc) is 2.85. The lowest BCUT2D eigenvalue weighted by Gasteiger charge is -2.14. The molecule has 0 aliphatic rings. The van der Waals surface area contributed by atoms with Gasteiger partial charge in [0.2, 0.25) is 0 Å². The van der Waals surface area contributed by atoms with E-state index >= 15 is 0 Å². The Morgan fingerprint density at radius 3 is 2.67 bits per heavy atom. The van der Waals surface area contributed by atoms with Gasteiger partial charge in [-0.15, -0.1) is 0 Å². The summed E-state index contributed by atoms with van der Waals surface area (Å²) in [4.78, 5) is 0. The lowest BCUT2D eigenvalue weighted by atomic mass is 10.2. The van der Waals surface area contributed by atoms with E-state index < -0.39 is 0 Å². The Morgan fingerprint density at radius 1 is 1.33 bits per heavy atom. The Balaban J connectivity index is 2.24. The minimum atomic E-state index is -0.169. The highest BCUT2D eigenvalue weighted by molar-refractivity contribution is 6.30. The van der Waals surface area contributed by atoms with Crippen molar-refractivity contribution in [2.45, 2.75) is 26.6 Å². The molecule has 6 heteroatoms. The number of aliphatic hydroxyl groups is 1. The van der Waals surface area contributed by atoms with Crippen LogP contribution in [-0.2, 0) is 26.7 Å². The van der Waals surface area contributed by atoms with Gasteiger partial charge in [-0.1, -0.05) is 18.5 Å². The molecule has 114 valence electrons. The number of hydrogen-bond donors (Lipinski definition) is 1. The fourth-order valence-electron chi connectivity index (χ4n) is 2.08. The first-order valence-corrected chi connectivity index (χ1v) is 7.08. The molecule has 0 bridgehead atoms. The number of aryl methyl sites for hydroxylation is 2. The van der Waals surface area contributed by atoms with Crippen molar-refractivity contribution in [1.29, 1.82) is 0 Å². The maximum atomic E-state index is 9.45. The number of hydrogen-bond acceptors (Lipinski definition) is 4. The molecule has 0 aliphatic heterocycles. The summed E-state index contributed by atoms with van der Waals surface area (Å²) in [6, 6.07) is 5.33. The first-order chi connectivity index (χ1) is 10.1. The molecule has 0 radical (unpaired) electrons. The first-order valence-electron chi connectivity index (χ1n) is 6.70. The lowest BCUT2D eigenvalue weighted by Crippen LogP contribution is -2.05. The molecule has 2 aromatic rings. The molecular weight excluding hydrogens is 292 g/mol. The number of aromatic nitrogens is 2. The number of halogens is 1. The van der Waals surface area contributed by atoms with Gasteiger partial charge in [-0.3, -0.25) is 4.68 Å². The number of rotatable bonds is 6. The van der Waals surface area contributed by atoms with Gasteiger partial charge in [0.15, 0.2) is 11.5 Å². The van der Waals surface area contributed by atoms with E-state index in [2.05, 4.69) is 12.0 Å². The van der Waals surface area contributed by atoms with Crippen LogP contribution in [0.2, 0.25) is 5.02 Å². The van der Waals surface area contributed by atoms with Crippen LogP contribution in [0, 0.1) is 0 Å². The molecule has 0 saturated heterocycles. The van der Waals surface area contributed by atoms with Gasteiger partial charge in [0.1, 0.15) is 6.61 Å². The van der Waals surface area contributed by atoms with Crippen LogP contribution in [0.3, 0.4) is 0 Å². The predicted molar refractivity (Wildman–Crippen MR) is 80.8 cm³/mol. The van der Waals surface area contributed by atoms with Gasteiger partial charge < -0.3 is 14.6 Å². The van der Waals surface area contributed by atoms with Crippen molar-refractivity contribution in [3.05, 3.63) is 40.2 Å². The molecule has 1 aromatic carbocycles. The van der Waals surface area contributed by atoms with Gasteiger partial charge in [-0.05, 0) is 18.6 Å². The Labute approximate surface area is 129 Å². The number of methoxy groups -OCH3 is 1. The van der Waals surface area contributed by atoms with Crippen molar-refractivity contribution in [3.8, 4) is 11.5 Å². The number of benzene rings is 1. The third-order valence-electron chi connectivity index (χ3n) is 3.24. The number of nitrogens with zero attached hydrogens (tertiary/aromatic N) is 2. The first kappa shape index (κ1) is 15.7. The summed E-state index contributed by atoms with van der Waals surface area (Å²) in [7, 11) is 3.42. The minimum absolute atomic E-state index is 0.169. The van der Waals surface area contributed by atoms with Crippen LogP contribution >= 0.6 is 11.6 Å². The van der Waals surface area contributed by atoms with E-state index in [4.69, 9.17) is 21.1 Å². The van der Waals surface area contributed by atoms with Crippen molar-refractivity contribution in [1.82, 2.24) is 9.78 Å². The van der Waals surface area contributed by atoms with Gasteiger partial charge in [0.25, 0.3) is 0 Å². The van der Waals surface area contributed by atoms with Crippen molar-refractivity contribution in [3.63, 3.8) is 0 Å². The van der Waals surface area contributed by atoms with Crippen LogP contribution in [0.4, 0.5) is 0 Å². The summed E-state index contributed by atoms with van der Waals surface area (Å²) < 4.78 is 12.9. The molecular formula is C15H19ClN2O3. The van der Waals surface area contributed by atoms with E-state index in [9.17, 15) is 5.11 Å². The Morgan fingerprint density at radius 2 is 2.10 bits per heavy atom. The molecule has 0 unspecified atom stereocenters. The molecule has 21 heavy (non-hydrogen) atoms. The normalized spacial score (nSPS) is 10.7. The maximum absolute atomic E-state index is 9.45. The number of aliphatic hydroxyl groups excluding tert-OH is 1. The van der Waals surface area contributed by atoms with Crippen LogP contribution in [0.1, 0.15) is 23.9 Å². The highest BCUT2D eigenvalue weighted by Crippen LogP contribution is 2.35. The zero-order valence-electron chi connectivity index (χ0n) is 12.4. The molecule has 0 saturated carbocycles. The van der Waals surface area contributed by atoms with Crippen LogP contribution in [0.25, 0.3) is 0 Å². The second-order valence-electron chi connectivity index (χ2n) is 4.65. The van der Waals surface area contributed by atoms with Crippen LogP contribution in [0.5, 0.6) is 11.5 Å². The Hall–Kier alpha value is -1.72. The van der Waals surface area contributed by atoms with Crippen molar-refractivity contribution in [2.24, 2.45) is 7.05 Å².